The summed E-state index contributed by atoms with van der Waals surface area (Å²) in [4.78, 5) is 11.8. The standard InChI is InChI=1S/C17H18Cl2N2O2/c1-23-16-7-6-14(10-15(16)19)21-11-17(22)20-9-8-12-2-4-13(18)5-3-12/h2-7,10,21H,8-9,11H2,1H3,(H,20,22). The number of nitrogens with one attached hydrogen (secondary N) is 2. The number of carbonyl (C=O) groups excluding carboxylic acids is 1. The normalized spacial score (nSPS) is 10.2. The van der Waals surface area contributed by atoms with Crippen LogP contribution in [0.1, 0.15) is 5.56 Å². The molecule has 0 aliphatic rings. The second-order valence-corrected chi connectivity index (χ2v) is 5.77. The number of carbonyl (C=O) groups is 1. The quantitative estimate of drug-likeness (QED) is 0.797. The Morgan fingerprint density at radius 1 is 1.13 bits per heavy atom. The highest BCUT2D eigenvalue weighted by atomic mass is 35.5. The first-order chi connectivity index (χ1) is 11.1. The van der Waals surface area contributed by atoms with Crippen LogP contribution in [0.2, 0.25) is 10.0 Å². The maximum atomic E-state index is 11.8. The van der Waals surface area contributed by atoms with E-state index < -0.39 is 0 Å². The fraction of sp³-hybridized carbons (Fsp3) is 0.235. The third-order valence-electron chi connectivity index (χ3n) is 3.25. The fourth-order valence-corrected chi connectivity index (χ4v) is 2.40. The molecule has 0 unspecified atom stereocenters. The van der Waals surface area contributed by atoms with Gasteiger partial charge in [-0.2, -0.15) is 0 Å². The van der Waals surface area contributed by atoms with Crippen LogP contribution in [0, 0.1) is 0 Å². The van der Waals surface area contributed by atoms with E-state index in [4.69, 9.17) is 27.9 Å². The van der Waals surface area contributed by atoms with Crippen LogP contribution in [0.25, 0.3) is 0 Å². The number of ether oxygens (including phenoxy) is 1. The summed E-state index contributed by atoms with van der Waals surface area (Å²) in [6.45, 7) is 0.759. The number of halogens is 2. The molecule has 2 aromatic rings. The second-order valence-electron chi connectivity index (χ2n) is 4.93. The summed E-state index contributed by atoms with van der Waals surface area (Å²) in [5.74, 6) is 0.524. The summed E-state index contributed by atoms with van der Waals surface area (Å²) in [6.07, 6.45) is 0.761. The Bertz CT molecular complexity index is 660. The van der Waals surface area contributed by atoms with Crippen LogP contribution in [-0.2, 0) is 11.2 Å². The maximum absolute atomic E-state index is 11.8. The van der Waals surface area contributed by atoms with Gasteiger partial charge in [0, 0.05) is 17.3 Å². The molecular weight excluding hydrogens is 335 g/mol. The Kier molecular flexibility index (Phi) is 6.56. The van der Waals surface area contributed by atoms with Gasteiger partial charge in [0.25, 0.3) is 0 Å². The molecule has 2 rings (SSSR count). The molecule has 1 amide bonds. The molecule has 0 radical (unpaired) electrons. The number of rotatable bonds is 7. The lowest BCUT2D eigenvalue weighted by Crippen LogP contribution is -2.31. The molecule has 0 atom stereocenters. The monoisotopic (exact) mass is 352 g/mol. The highest BCUT2D eigenvalue weighted by Crippen LogP contribution is 2.26. The van der Waals surface area contributed by atoms with Gasteiger partial charge in [-0.1, -0.05) is 35.3 Å². The van der Waals surface area contributed by atoms with E-state index in [0.29, 0.717) is 22.3 Å². The Morgan fingerprint density at radius 3 is 2.52 bits per heavy atom. The Morgan fingerprint density at radius 2 is 1.87 bits per heavy atom. The average molecular weight is 353 g/mol. The van der Waals surface area contributed by atoms with E-state index in [2.05, 4.69) is 10.6 Å². The van der Waals surface area contributed by atoms with Crippen LogP contribution >= 0.6 is 23.2 Å². The van der Waals surface area contributed by atoms with Gasteiger partial charge in [-0.3, -0.25) is 4.79 Å². The zero-order chi connectivity index (χ0) is 16.7. The molecule has 0 spiro atoms. The molecule has 4 nitrogen and oxygen atoms in total. The lowest BCUT2D eigenvalue weighted by molar-refractivity contribution is -0.119. The summed E-state index contributed by atoms with van der Waals surface area (Å²) in [5.41, 5.74) is 1.90. The first-order valence-corrected chi connectivity index (χ1v) is 7.92. The third-order valence-corrected chi connectivity index (χ3v) is 3.80. The van der Waals surface area contributed by atoms with Gasteiger partial charge in [0.1, 0.15) is 5.75 Å². The zero-order valence-corrected chi connectivity index (χ0v) is 14.2. The minimum Gasteiger partial charge on any atom is -0.495 e. The molecule has 2 aromatic carbocycles. The highest BCUT2D eigenvalue weighted by molar-refractivity contribution is 6.32. The Balaban J connectivity index is 1.72. The minimum absolute atomic E-state index is 0.0779. The van der Waals surface area contributed by atoms with Crippen LogP contribution in [0.15, 0.2) is 42.5 Å². The fourth-order valence-electron chi connectivity index (χ4n) is 2.02. The Labute approximate surface area is 145 Å². The highest BCUT2D eigenvalue weighted by Gasteiger charge is 2.04. The van der Waals surface area contributed by atoms with Gasteiger partial charge in [0.05, 0.1) is 18.7 Å². The van der Waals surface area contributed by atoms with Crippen molar-refractivity contribution >= 4 is 34.8 Å². The molecular formula is C17H18Cl2N2O2. The maximum Gasteiger partial charge on any atom is 0.239 e. The van der Waals surface area contributed by atoms with Gasteiger partial charge in [0.2, 0.25) is 5.91 Å². The number of anilines is 1. The van der Waals surface area contributed by atoms with Crippen molar-refractivity contribution in [2.45, 2.75) is 6.42 Å². The van der Waals surface area contributed by atoms with Gasteiger partial charge in [-0.15, -0.1) is 0 Å². The second kappa shape index (κ2) is 8.65. The number of hydrogen-bond acceptors (Lipinski definition) is 3. The van der Waals surface area contributed by atoms with Crippen LogP contribution in [-0.4, -0.2) is 26.1 Å². The number of hydrogen-bond donors (Lipinski definition) is 2. The Hall–Kier alpha value is -1.91. The SMILES string of the molecule is COc1ccc(NCC(=O)NCCc2ccc(Cl)cc2)cc1Cl. The van der Waals surface area contributed by atoms with Crippen LogP contribution in [0.3, 0.4) is 0 Å². The summed E-state index contributed by atoms with van der Waals surface area (Å²) >= 11 is 11.9. The summed E-state index contributed by atoms with van der Waals surface area (Å²) < 4.78 is 5.08. The van der Waals surface area contributed by atoms with Crippen molar-refractivity contribution in [2.24, 2.45) is 0 Å². The molecule has 0 bridgehead atoms. The van der Waals surface area contributed by atoms with Crippen molar-refractivity contribution in [2.75, 3.05) is 25.5 Å². The van der Waals surface area contributed by atoms with E-state index in [9.17, 15) is 4.79 Å². The van der Waals surface area contributed by atoms with Crippen molar-refractivity contribution in [1.29, 1.82) is 0 Å². The van der Waals surface area contributed by atoms with E-state index in [1.54, 1.807) is 19.2 Å². The van der Waals surface area contributed by atoms with E-state index in [1.165, 1.54) is 0 Å². The molecule has 0 aliphatic carbocycles. The van der Waals surface area contributed by atoms with Crippen LogP contribution < -0.4 is 15.4 Å². The molecule has 0 heterocycles. The van der Waals surface area contributed by atoms with Crippen LogP contribution in [0.5, 0.6) is 5.75 Å². The lowest BCUT2D eigenvalue weighted by atomic mass is 10.1. The van der Waals surface area contributed by atoms with Gasteiger partial charge >= 0.3 is 0 Å². The third kappa shape index (κ3) is 5.66. The predicted molar refractivity (Wildman–Crippen MR) is 94.7 cm³/mol. The topological polar surface area (TPSA) is 50.4 Å². The average Bonchev–Trinajstić information content (AvgIpc) is 2.55. The molecule has 23 heavy (non-hydrogen) atoms. The lowest BCUT2D eigenvalue weighted by Gasteiger charge is -2.09. The molecule has 6 heteroatoms. The van der Waals surface area contributed by atoms with Crippen molar-refractivity contribution in [3.05, 3.63) is 58.1 Å². The van der Waals surface area contributed by atoms with Crippen molar-refractivity contribution in [3.8, 4) is 5.75 Å². The van der Waals surface area contributed by atoms with Gasteiger partial charge in [-0.05, 0) is 42.3 Å². The van der Waals surface area contributed by atoms with Crippen molar-refractivity contribution < 1.29 is 9.53 Å². The summed E-state index contributed by atoms with van der Waals surface area (Å²) in [5, 5.41) is 7.09. The molecule has 0 fully saturated rings. The minimum atomic E-state index is -0.0779. The van der Waals surface area contributed by atoms with E-state index in [1.807, 2.05) is 30.3 Å². The smallest absolute Gasteiger partial charge is 0.239 e. The van der Waals surface area contributed by atoms with Gasteiger partial charge in [-0.25, -0.2) is 0 Å². The number of amides is 1. The van der Waals surface area contributed by atoms with E-state index in [-0.39, 0.29) is 12.5 Å². The molecule has 0 saturated carbocycles. The summed E-state index contributed by atoms with van der Waals surface area (Å²) in [6, 6.07) is 12.9. The molecule has 0 aliphatic heterocycles. The first-order valence-electron chi connectivity index (χ1n) is 7.17. The molecule has 0 aromatic heterocycles. The molecule has 122 valence electrons. The van der Waals surface area contributed by atoms with E-state index >= 15 is 0 Å². The number of methoxy groups -OCH3 is 1. The van der Waals surface area contributed by atoms with E-state index in [0.717, 1.165) is 17.7 Å². The predicted octanol–water partition coefficient (Wildman–Crippen LogP) is 3.77. The number of benzene rings is 2. The summed E-state index contributed by atoms with van der Waals surface area (Å²) in [7, 11) is 1.56. The molecule has 2 N–H and O–H groups in total. The van der Waals surface area contributed by atoms with Gasteiger partial charge < -0.3 is 15.4 Å². The van der Waals surface area contributed by atoms with Gasteiger partial charge in [0.15, 0.2) is 0 Å². The molecule has 0 saturated heterocycles. The first kappa shape index (κ1) is 17.4. The van der Waals surface area contributed by atoms with Crippen LogP contribution in [0.4, 0.5) is 5.69 Å². The zero-order valence-electron chi connectivity index (χ0n) is 12.7. The van der Waals surface area contributed by atoms with Crippen molar-refractivity contribution in [1.82, 2.24) is 5.32 Å². The van der Waals surface area contributed by atoms with Crippen molar-refractivity contribution in [3.63, 3.8) is 0 Å². The largest absolute Gasteiger partial charge is 0.495 e.